The van der Waals surface area contributed by atoms with Crippen molar-refractivity contribution in [3.05, 3.63) is 81.9 Å². The molecule has 38 heavy (non-hydrogen) atoms. The molecule has 0 bridgehead atoms. The summed E-state index contributed by atoms with van der Waals surface area (Å²) in [6.07, 6.45) is 1.44. The summed E-state index contributed by atoms with van der Waals surface area (Å²) < 4.78 is 10.5. The number of Topliss-reactive ketones (excluding diaryl/α,β-unsaturated/α-hetero) is 1. The molecule has 0 aliphatic rings. The normalized spacial score (nSPS) is 10.3. The number of ether oxygens (including phenoxy) is 2. The van der Waals surface area contributed by atoms with Gasteiger partial charge in [0.15, 0.2) is 17.3 Å². The number of amides is 3. The number of nitrogens with zero attached hydrogens (tertiary/aromatic N) is 1. The number of methoxy groups -OCH3 is 2. The molecule has 11 nitrogen and oxygen atoms in total. The minimum atomic E-state index is -0.513. The van der Waals surface area contributed by atoms with Crippen LogP contribution in [0.15, 0.2) is 60.7 Å². The molecule has 0 fully saturated rings. The number of rotatable bonds is 11. The number of benzene rings is 3. The Bertz CT molecular complexity index is 1320. The predicted octanol–water partition coefficient (Wildman–Crippen LogP) is 5.42. The van der Waals surface area contributed by atoms with Gasteiger partial charge in [0.25, 0.3) is 5.69 Å². The van der Waals surface area contributed by atoms with Crippen LogP contribution in [0.4, 0.5) is 27.5 Å². The number of hydrogen-bond donors (Lipinski definition) is 3. The zero-order valence-corrected chi connectivity index (χ0v) is 21.2. The molecule has 0 spiro atoms. The van der Waals surface area contributed by atoms with Gasteiger partial charge >= 0.3 is 6.03 Å². The van der Waals surface area contributed by atoms with Gasteiger partial charge in [-0.15, -0.1) is 0 Å². The van der Waals surface area contributed by atoms with Crippen LogP contribution >= 0.6 is 0 Å². The summed E-state index contributed by atoms with van der Waals surface area (Å²) in [4.78, 5) is 47.0. The molecule has 11 heteroatoms. The van der Waals surface area contributed by atoms with Crippen LogP contribution in [0.1, 0.15) is 35.7 Å². The van der Waals surface area contributed by atoms with Crippen LogP contribution in [0.3, 0.4) is 0 Å². The molecule has 3 amide bonds. The van der Waals surface area contributed by atoms with Crippen molar-refractivity contribution in [3.63, 3.8) is 0 Å². The van der Waals surface area contributed by atoms with Gasteiger partial charge in [-0.25, -0.2) is 4.79 Å². The quantitative estimate of drug-likeness (QED) is 0.174. The average molecular weight is 521 g/mol. The summed E-state index contributed by atoms with van der Waals surface area (Å²) in [5, 5.41) is 18.8. The lowest BCUT2D eigenvalue weighted by atomic mass is 10.1. The summed E-state index contributed by atoms with van der Waals surface area (Å²) in [7, 11) is 2.95. The van der Waals surface area contributed by atoms with Crippen LogP contribution in [-0.4, -0.2) is 36.9 Å². The van der Waals surface area contributed by atoms with Crippen LogP contribution in [0.25, 0.3) is 0 Å². The minimum Gasteiger partial charge on any atom is -0.493 e. The average Bonchev–Trinajstić information content (AvgIpc) is 2.89. The van der Waals surface area contributed by atoms with Gasteiger partial charge in [0.05, 0.1) is 24.8 Å². The first-order valence-electron chi connectivity index (χ1n) is 11.7. The van der Waals surface area contributed by atoms with E-state index in [9.17, 15) is 24.5 Å². The van der Waals surface area contributed by atoms with E-state index in [1.54, 1.807) is 24.3 Å². The van der Waals surface area contributed by atoms with Crippen molar-refractivity contribution in [1.29, 1.82) is 0 Å². The van der Waals surface area contributed by atoms with Gasteiger partial charge in [-0.1, -0.05) is 12.1 Å². The number of nitro groups is 1. The van der Waals surface area contributed by atoms with Gasteiger partial charge in [0.1, 0.15) is 0 Å². The second-order valence-corrected chi connectivity index (χ2v) is 8.29. The van der Waals surface area contributed by atoms with Crippen molar-refractivity contribution in [3.8, 4) is 11.5 Å². The number of aryl methyl sites for hydroxylation is 1. The Morgan fingerprint density at radius 2 is 1.39 bits per heavy atom. The molecule has 3 aromatic rings. The summed E-state index contributed by atoms with van der Waals surface area (Å²) in [6, 6.07) is 15.3. The Labute approximate surface area is 219 Å². The maximum atomic E-state index is 12.5. The maximum Gasteiger partial charge on any atom is 0.323 e. The number of anilines is 3. The van der Waals surface area contributed by atoms with Crippen LogP contribution in [-0.2, 0) is 11.2 Å². The van der Waals surface area contributed by atoms with Crippen molar-refractivity contribution in [1.82, 2.24) is 0 Å². The molecule has 3 aromatic carbocycles. The first-order valence-corrected chi connectivity index (χ1v) is 11.7. The monoisotopic (exact) mass is 520 g/mol. The van der Waals surface area contributed by atoms with E-state index >= 15 is 0 Å². The minimum absolute atomic E-state index is 0.0641. The SMILES string of the molecule is COc1cc(NC(=O)CCCc2ccc(NC(=O)Nc3ccc([N+](=O)[O-])cc3)cc2)c(C(C)=O)cc1OC. The van der Waals surface area contributed by atoms with E-state index in [4.69, 9.17) is 9.47 Å². The van der Waals surface area contributed by atoms with Gasteiger partial charge in [0, 0.05) is 41.6 Å². The van der Waals surface area contributed by atoms with E-state index in [-0.39, 0.29) is 23.8 Å². The number of non-ortho nitro benzene ring substituents is 1. The number of urea groups is 1. The van der Waals surface area contributed by atoms with Crippen LogP contribution in [0.2, 0.25) is 0 Å². The molecule has 3 N–H and O–H groups in total. The Balaban J connectivity index is 1.49. The van der Waals surface area contributed by atoms with Crippen molar-refractivity contribution in [2.45, 2.75) is 26.2 Å². The van der Waals surface area contributed by atoms with Gasteiger partial charge in [-0.05, 0) is 55.7 Å². The highest BCUT2D eigenvalue weighted by molar-refractivity contribution is 6.04. The molecular formula is C27H28N4O7. The Hall–Kier alpha value is -4.93. The topological polar surface area (TPSA) is 149 Å². The molecule has 198 valence electrons. The largest absolute Gasteiger partial charge is 0.493 e. The summed E-state index contributed by atoms with van der Waals surface area (Å²) in [5.41, 5.74) is 2.60. The third-order valence-corrected chi connectivity index (χ3v) is 5.59. The highest BCUT2D eigenvalue weighted by atomic mass is 16.6. The third-order valence-electron chi connectivity index (χ3n) is 5.59. The van der Waals surface area contributed by atoms with Gasteiger partial charge < -0.3 is 25.4 Å². The predicted molar refractivity (Wildman–Crippen MR) is 143 cm³/mol. The zero-order valence-electron chi connectivity index (χ0n) is 21.2. The molecule has 3 rings (SSSR count). The standard InChI is InChI=1S/C27H28N4O7/c1-17(32)22-15-24(37-2)25(38-3)16-23(22)30-26(33)6-4-5-18-7-9-19(10-8-18)28-27(34)29-20-11-13-21(14-12-20)31(35)36/h7-16H,4-6H2,1-3H3,(H,30,33)(H2,28,29,34). The highest BCUT2D eigenvalue weighted by Crippen LogP contribution is 2.33. The highest BCUT2D eigenvalue weighted by Gasteiger charge is 2.16. The lowest BCUT2D eigenvalue weighted by molar-refractivity contribution is -0.384. The van der Waals surface area contributed by atoms with Gasteiger partial charge in [0.2, 0.25) is 5.91 Å². The number of carbonyl (C=O) groups is 3. The fraction of sp³-hybridized carbons (Fsp3) is 0.222. The molecule has 0 atom stereocenters. The second kappa shape index (κ2) is 12.9. The summed E-state index contributed by atoms with van der Waals surface area (Å²) in [6.45, 7) is 1.41. The molecule has 0 unspecified atom stereocenters. The maximum absolute atomic E-state index is 12.5. The molecule has 0 aliphatic heterocycles. The molecule has 0 saturated heterocycles. The molecule has 0 aliphatic carbocycles. The summed E-state index contributed by atoms with van der Waals surface area (Å²) >= 11 is 0. The number of nitrogens with one attached hydrogen (secondary N) is 3. The number of ketones is 1. The van der Waals surface area contributed by atoms with Crippen LogP contribution in [0.5, 0.6) is 11.5 Å². The fourth-order valence-electron chi connectivity index (χ4n) is 3.65. The van der Waals surface area contributed by atoms with Crippen LogP contribution < -0.4 is 25.4 Å². The van der Waals surface area contributed by atoms with E-state index < -0.39 is 11.0 Å². The Morgan fingerprint density at radius 3 is 1.92 bits per heavy atom. The molecule has 0 aromatic heterocycles. The van der Waals surface area contributed by atoms with Crippen LogP contribution in [0, 0.1) is 10.1 Å². The van der Waals surface area contributed by atoms with Crippen molar-refractivity contribution < 1.29 is 28.8 Å². The van der Waals surface area contributed by atoms with E-state index in [0.717, 1.165) is 5.56 Å². The van der Waals surface area contributed by atoms with Gasteiger partial charge in [-0.3, -0.25) is 19.7 Å². The van der Waals surface area contributed by atoms with Crippen molar-refractivity contribution in [2.75, 3.05) is 30.2 Å². The molecule has 0 radical (unpaired) electrons. The van der Waals surface area contributed by atoms with Gasteiger partial charge in [-0.2, -0.15) is 0 Å². The fourth-order valence-corrected chi connectivity index (χ4v) is 3.65. The van der Waals surface area contributed by atoms with E-state index in [0.29, 0.717) is 47.0 Å². The van der Waals surface area contributed by atoms with E-state index in [1.807, 2.05) is 12.1 Å². The van der Waals surface area contributed by atoms with E-state index in [2.05, 4.69) is 16.0 Å². The first-order chi connectivity index (χ1) is 18.2. The smallest absolute Gasteiger partial charge is 0.323 e. The van der Waals surface area contributed by atoms with Crippen molar-refractivity contribution in [2.24, 2.45) is 0 Å². The molecule has 0 saturated carbocycles. The zero-order chi connectivity index (χ0) is 27.7. The number of carbonyl (C=O) groups excluding carboxylic acids is 3. The number of nitro benzene ring substituents is 1. The van der Waals surface area contributed by atoms with Crippen molar-refractivity contribution >= 4 is 40.5 Å². The Morgan fingerprint density at radius 1 is 0.842 bits per heavy atom. The van der Waals surface area contributed by atoms with E-state index in [1.165, 1.54) is 45.4 Å². The number of hydrogen-bond acceptors (Lipinski definition) is 7. The third kappa shape index (κ3) is 7.53. The second-order valence-electron chi connectivity index (χ2n) is 8.29. The summed E-state index contributed by atoms with van der Waals surface area (Å²) in [5.74, 6) is 0.359. The molecular weight excluding hydrogens is 492 g/mol. The Kier molecular flexibility index (Phi) is 9.36. The lowest BCUT2D eigenvalue weighted by Crippen LogP contribution is -2.19. The first kappa shape index (κ1) is 27.7. The lowest BCUT2D eigenvalue weighted by Gasteiger charge is -2.14. The molecule has 0 heterocycles.